The molecule has 0 fully saturated rings. The van der Waals surface area contributed by atoms with Crippen LogP contribution >= 0.6 is 0 Å². The van der Waals surface area contributed by atoms with Crippen molar-refractivity contribution in [2.45, 2.75) is 186 Å². The first-order valence-corrected chi connectivity index (χ1v) is 16.2. The Morgan fingerprint density at radius 2 is 0.771 bits per heavy atom. The molecule has 0 heterocycles. The normalized spacial score (nSPS) is 13.4. The first-order valence-electron chi connectivity index (χ1n) is 16.2. The number of ether oxygens (including phenoxy) is 1. The summed E-state index contributed by atoms with van der Waals surface area (Å²) in [5.41, 5.74) is 12.6. The van der Waals surface area contributed by atoms with Crippen LogP contribution in [0.4, 0.5) is 0 Å². The van der Waals surface area contributed by atoms with Gasteiger partial charge in [0.25, 0.3) is 0 Å². The molecule has 0 saturated heterocycles. The van der Waals surface area contributed by atoms with E-state index in [4.69, 9.17) is 16.2 Å². The minimum absolute atomic E-state index is 0.0751. The lowest BCUT2D eigenvalue weighted by Gasteiger charge is -2.29. The Morgan fingerprint density at radius 1 is 0.429 bits per heavy atom. The van der Waals surface area contributed by atoms with Crippen molar-refractivity contribution in [2.24, 2.45) is 11.5 Å². The highest BCUT2D eigenvalue weighted by atomic mass is 16.5. The highest BCUT2D eigenvalue weighted by molar-refractivity contribution is 4.84. The Labute approximate surface area is 222 Å². The van der Waals surface area contributed by atoms with Gasteiger partial charge >= 0.3 is 0 Å². The first kappa shape index (κ1) is 34.9. The minimum Gasteiger partial charge on any atom is -0.381 e. The van der Waals surface area contributed by atoms with Gasteiger partial charge in [-0.2, -0.15) is 0 Å². The van der Waals surface area contributed by atoms with Gasteiger partial charge in [-0.25, -0.2) is 0 Å². The van der Waals surface area contributed by atoms with E-state index in [1.807, 2.05) is 0 Å². The van der Waals surface area contributed by atoms with Crippen LogP contribution in [-0.2, 0) is 4.74 Å². The molecule has 0 aliphatic heterocycles. The summed E-state index contributed by atoms with van der Waals surface area (Å²) in [6, 6.07) is 0. The summed E-state index contributed by atoms with van der Waals surface area (Å²) in [5, 5.41) is 0. The topological polar surface area (TPSA) is 61.3 Å². The van der Waals surface area contributed by atoms with E-state index < -0.39 is 0 Å². The molecule has 0 aliphatic rings. The number of rotatable bonds is 30. The van der Waals surface area contributed by atoms with Crippen LogP contribution < -0.4 is 11.5 Å². The second-order valence-corrected chi connectivity index (χ2v) is 11.4. The lowest BCUT2D eigenvalue weighted by molar-refractivity contribution is 0.119. The van der Waals surface area contributed by atoms with Gasteiger partial charge in [-0.05, 0) is 38.6 Å². The third kappa shape index (κ3) is 26.7. The molecule has 212 valence electrons. The summed E-state index contributed by atoms with van der Waals surface area (Å²) >= 11 is 0. The molecule has 0 amide bonds. The lowest BCUT2D eigenvalue weighted by atomic mass is 9.85. The first-order chi connectivity index (χ1) is 17.2. The van der Waals surface area contributed by atoms with Gasteiger partial charge in [0.1, 0.15) is 0 Å². The maximum absolute atomic E-state index is 6.74. The van der Waals surface area contributed by atoms with E-state index in [2.05, 4.69) is 13.8 Å². The Balaban J connectivity index is 3.51. The smallest absolute Gasteiger partial charge is 0.0466 e. The molecule has 0 aromatic carbocycles. The van der Waals surface area contributed by atoms with Crippen molar-refractivity contribution in [3.63, 3.8) is 0 Å². The van der Waals surface area contributed by atoms with E-state index in [1.54, 1.807) is 0 Å². The van der Waals surface area contributed by atoms with E-state index in [1.165, 1.54) is 141 Å². The van der Waals surface area contributed by atoms with Crippen molar-refractivity contribution >= 4 is 0 Å². The molecule has 0 spiro atoms. The Hall–Kier alpha value is -0.120. The third-order valence-corrected chi connectivity index (χ3v) is 7.78. The van der Waals surface area contributed by atoms with Gasteiger partial charge in [-0.3, -0.25) is 0 Å². The van der Waals surface area contributed by atoms with E-state index in [9.17, 15) is 0 Å². The monoisotopic (exact) mass is 497 g/mol. The van der Waals surface area contributed by atoms with E-state index >= 15 is 0 Å². The van der Waals surface area contributed by atoms with Gasteiger partial charge in [-0.1, -0.05) is 149 Å². The third-order valence-electron chi connectivity index (χ3n) is 7.78. The van der Waals surface area contributed by atoms with Gasteiger partial charge in [0.05, 0.1) is 0 Å². The standard InChI is InChI=1S/C32H68N2O/c1-3-5-7-9-11-13-15-16-18-20-22-24-30-35-31-25-27-32(34,28-29-33)26-23-21-19-17-14-12-10-8-6-4-2/h3-31,33-34H2,1-2H3. The van der Waals surface area contributed by atoms with Crippen molar-refractivity contribution in [1.29, 1.82) is 0 Å². The van der Waals surface area contributed by atoms with Gasteiger partial charge < -0.3 is 16.2 Å². The second-order valence-electron chi connectivity index (χ2n) is 11.4. The maximum Gasteiger partial charge on any atom is 0.0466 e. The van der Waals surface area contributed by atoms with Crippen LogP contribution in [0.1, 0.15) is 181 Å². The molecule has 4 N–H and O–H groups in total. The number of unbranched alkanes of at least 4 members (excludes halogenated alkanes) is 20. The quantitative estimate of drug-likeness (QED) is 0.0972. The van der Waals surface area contributed by atoms with Gasteiger partial charge in [0.15, 0.2) is 0 Å². The van der Waals surface area contributed by atoms with Crippen molar-refractivity contribution < 1.29 is 4.74 Å². The van der Waals surface area contributed by atoms with Crippen LogP contribution in [0.3, 0.4) is 0 Å². The van der Waals surface area contributed by atoms with Crippen LogP contribution in [0.2, 0.25) is 0 Å². The fraction of sp³-hybridized carbons (Fsp3) is 1.00. The largest absolute Gasteiger partial charge is 0.381 e. The second kappa shape index (κ2) is 28.5. The van der Waals surface area contributed by atoms with Crippen LogP contribution in [-0.4, -0.2) is 25.3 Å². The number of nitrogens with two attached hydrogens (primary N) is 2. The molecular weight excluding hydrogens is 428 g/mol. The molecular formula is C32H68N2O. The van der Waals surface area contributed by atoms with Crippen molar-refractivity contribution in [1.82, 2.24) is 0 Å². The van der Waals surface area contributed by atoms with Crippen LogP contribution in [0.5, 0.6) is 0 Å². The van der Waals surface area contributed by atoms with Crippen molar-refractivity contribution in [2.75, 3.05) is 19.8 Å². The van der Waals surface area contributed by atoms with Crippen LogP contribution in [0, 0.1) is 0 Å². The lowest BCUT2D eigenvalue weighted by Crippen LogP contribution is -2.42. The predicted molar refractivity (Wildman–Crippen MR) is 158 cm³/mol. The highest BCUT2D eigenvalue weighted by Gasteiger charge is 2.22. The zero-order valence-corrected chi connectivity index (χ0v) is 24.6. The number of hydrogen-bond donors (Lipinski definition) is 2. The molecule has 3 nitrogen and oxygen atoms in total. The predicted octanol–water partition coefficient (Wildman–Crippen LogP) is 9.84. The summed E-state index contributed by atoms with van der Waals surface area (Å²) < 4.78 is 5.92. The van der Waals surface area contributed by atoms with Crippen LogP contribution in [0.15, 0.2) is 0 Å². The van der Waals surface area contributed by atoms with E-state index in [0.29, 0.717) is 6.54 Å². The molecule has 0 radical (unpaired) electrons. The zero-order valence-electron chi connectivity index (χ0n) is 24.6. The number of hydrogen-bond acceptors (Lipinski definition) is 3. The average molecular weight is 497 g/mol. The van der Waals surface area contributed by atoms with E-state index in [-0.39, 0.29) is 5.54 Å². The molecule has 3 heteroatoms. The SMILES string of the molecule is CCCCCCCCCCCCCCOCCCC(N)(CCN)CCCCCCCCCCCC. The van der Waals surface area contributed by atoms with Crippen LogP contribution in [0.25, 0.3) is 0 Å². The van der Waals surface area contributed by atoms with Gasteiger partial charge in [0, 0.05) is 18.8 Å². The highest BCUT2D eigenvalue weighted by Crippen LogP contribution is 2.23. The Kier molecular flexibility index (Phi) is 28.4. The fourth-order valence-corrected chi connectivity index (χ4v) is 5.30. The summed E-state index contributed by atoms with van der Waals surface area (Å²) in [4.78, 5) is 0. The molecule has 0 aromatic rings. The molecule has 0 aliphatic carbocycles. The zero-order chi connectivity index (χ0) is 25.7. The fourth-order valence-electron chi connectivity index (χ4n) is 5.30. The minimum atomic E-state index is -0.0751. The molecule has 0 rings (SSSR count). The summed E-state index contributed by atoms with van der Waals surface area (Å²) in [6.07, 6.45) is 34.7. The molecule has 1 unspecified atom stereocenters. The van der Waals surface area contributed by atoms with E-state index in [0.717, 1.165) is 38.9 Å². The van der Waals surface area contributed by atoms with Gasteiger partial charge in [0.2, 0.25) is 0 Å². The summed E-state index contributed by atoms with van der Waals surface area (Å²) in [6.45, 7) is 7.06. The molecule has 35 heavy (non-hydrogen) atoms. The van der Waals surface area contributed by atoms with Crippen molar-refractivity contribution in [3.05, 3.63) is 0 Å². The molecule has 0 aromatic heterocycles. The summed E-state index contributed by atoms with van der Waals surface area (Å²) in [5.74, 6) is 0. The Morgan fingerprint density at radius 3 is 1.20 bits per heavy atom. The maximum atomic E-state index is 6.74. The average Bonchev–Trinajstić information content (AvgIpc) is 2.85. The molecule has 0 bridgehead atoms. The molecule has 0 saturated carbocycles. The van der Waals surface area contributed by atoms with Crippen molar-refractivity contribution in [3.8, 4) is 0 Å². The van der Waals surface area contributed by atoms with Gasteiger partial charge in [-0.15, -0.1) is 0 Å². The Bertz CT molecular complexity index is 390. The molecule has 1 atom stereocenters. The summed E-state index contributed by atoms with van der Waals surface area (Å²) in [7, 11) is 0.